The van der Waals surface area contributed by atoms with E-state index >= 15 is 0 Å². The molecule has 2 N–H and O–H groups in total. The van der Waals surface area contributed by atoms with Crippen LogP contribution in [0.5, 0.6) is 0 Å². The average molecular weight is 231 g/mol. The molecule has 2 aromatic rings. The van der Waals surface area contributed by atoms with Crippen LogP contribution < -0.4 is 5.73 Å². The third-order valence-corrected chi connectivity index (χ3v) is 2.34. The maximum atomic E-state index is 11.2. The fourth-order valence-corrected chi connectivity index (χ4v) is 1.55. The number of carbonyl (C=O) groups is 1. The lowest BCUT2D eigenvalue weighted by Gasteiger charge is -2.07. The van der Waals surface area contributed by atoms with Gasteiger partial charge in [0, 0.05) is 24.5 Å². The highest BCUT2D eigenvalue weighted by molar-refractivity contribution is 5.97. The second-order valence-corrected chi connectivity index (χ2v) is 3.41. The first-order chi connectivity index (χ1) is 8.09. The summed E-state index contributed by atoms with van der Waals surface area (Å²) in [6.07, 6.45) is 3.37. The van der Waals surface area contributed by atoms with E-state index in [9.17, 15) is 14.9 Å². The zero-order valence-corrected chi connectivity index (χ0v) is 8.74. The van der Waals surface area contributed by atoms with Crippen LogP contribution in [0.25, 0.3) is 5.69 Å². The Labute approximate surface area is 96.4 Å². The van der Waals surface area contributed by atoms with Crippen molar-refractivity contribution in [2.45, 2.75) is 0 Å². The minimum Gasteiger partial charge on any atom is -0.366 e. The quantitative estimate of drug-likeness (QED) is 0.640. The minimum absolute atomic E-state index is 0.0845. The monoisotopic (exact) mass is 231 g/mol. The first-order valence-electron chi connectivity index (χ1n) is 4.81. The highest BCUT2D eigenvalue weighted by atomic mass is 16.6. The zero-order valence-electron chi connectivity index (χ0n) is 8.74. The lowest BCUT2D eigenvalue weighted by atomic mass is 10.1. The molecule has 0 bridgehead atoms. The Morgan fingerprint density at radius 2 is 1.94 bits per heavy atom. The van der Waals surface area contributed by atoms with Crippen molar-refractivity contribution >= 4 is 11.6 Å². The standard InChI is InChI=1S/C11H9N3O3/c12-11(15)9-4-3-8(14(16)17)7-10(9)13-5-1-2-6-13/h1-7H,(H2,12,15). The molecule has 0 radical (unpaired) electrons. The molecule has 2 rings (SSSR count). The molecule has 1 aromatic carbocycles. The van der Waals surface area contributed by atoms with Gasteiger partial charge in [0.05, 0.1) is 16.2 Å². The van der Waals surface area contributed by atoms with E-state index in [1.165, 1.54) is 18.2 Å². The van der Waals surface area contributed by atoms with Gasteiger partial charge in [-0.3, -0.25) is 14.9 Å². The maximum absolute atomic E-state index is 11.2. The van der Waals surface area contributed by atoms with Crippen LogP contribution >= 0.6 is 0 Å². The molecule has 0 aliphatic rings. The highest BCUT2D eigenvalue weighted by Crippen LogP contribution is 2.21. The fraction of sp³-hybridized carbons (Fsp3) is 0. The number of amides is 1. The molecule has 6 heteroatoms. The molecule has 0 saturated heterocycles. The first-order valence-corrected chi connectivity index (χ1v) is 4.81. The number of nitro benzene ring substituents is 1. The molecule has 1 heterocycles. The summed E-state index contributed by atoms with van der Waals surface area (Å²) in [6, 6.07) is 7.44. The number of hydrogen-bond acceptors (Lipinski definition) is 3. The average Bonchev–Trinajstić information content (AvgIpc) is 2.81. The Morgan fingerprint density at radius 3 is 2.47 bits per heavy atom. The highest BCUT2D eigenvalue weighted by Gasteiger charge is 2.14. The zero-order chi connectivity index (χ0) is 12.4. The largest absolute Gasteiger partial charge is 0.366 e. The maximum Gasteiger partial charge on any atom is 0.271 e. The lowest BCUT2D eigenvalue weighted by Crippen LogP contribution is -2.14. The normalized spacial score (nSPS) is 10.1. The molecule has 6 nitrogen and oxygen atoms in total. The molecular formula is C11H9N3O3. The number of primary amides is 1. The van der Waals surface area contributed by atoms with Crippen LogP contribution in [0.2, 0.25) is 0 Å². The molecule has 0 atom stereocenters. The summed E-state index contributed by atoms with van der Waals surface area (Å²) in [4.78, 5) is 21.4. The van der Waals surface area contributed by atoms with E-state index in [-0.39, 0.29) is 11.3 Å². The van der Waals surface area contributed by atoms with Crippen molar-refractivity contribution in [3.63, 3.8) is 0 Å². The summed E-state index contributed by atoms with van der Waals surface area (Å²) >= 11 is 0. The number of hydrogen-bond donors (Lipinski definition) is 1. The number of rotatable bonds is 3. The SMILES string of the molecule is NC(=O)c1ccc([N+](=O)[O-])cc1-n1cccc1. The van der Waals surface area contributed by atoms with Crippen LogP contribution in [0.1, 0.15) is 10.4 Å². The van der Waals surface area contributed by atoms with Crippen molar-refractivity contribution in [1.82, 2.24) is 4.57 Å². The molecule has 1 aromatic heterocycles. The number of nitro groups is 1. The number of nitrogens with zero attached hydrogens (tertiary/aromatic N) is 2. The summed E-state index contributed by atoms with van der Waals surface area (Å²) in [7, 11) is 0. The second kappa shape index (κ2) is 4.09. The van der Waals surface area contributed by atoms with Gasteiger partial charge in [-0.2, -0.15) is 0 Å². The van der Waals surface area contributed by atoms with Gasteiger partial charge in [0.2, 0.25) is 0 Å². The van der Waals surface area contributed by atoms with Gasteiger partial charge in [-0.05, 0) is 18.2 Å². The summed E-state index contributed by atoms with van der Waals surface area (Å²) < 4.78 is 1.60. The molecule has 0 fully saturated rings. The fourth-order valence-electron chi connectivity index (χ4n) is 1.55. The van der Waals surface area contributed by atoms with Crippen molar-refractivity contribution in [3.05, 3.63) is 58.4 Å². The Kier molecular flexibility index (Phi) is 2.61. The van der Waals surface area contributed by atoms with Crippen LogP contribution in [-0.4, -0.2) is 15.4 Å². The van der Waals surface area contributed by atoms with E-state index in [2.05, 4.69) is 0 Å². The van der Waals surface area contributed by atoms with Gasteiger partial charge in [0.15, 0.2) is 0 Å². The van der Waals surface area contributed by atoms with E-state index < -0.39 is 10.8 Å². The number of carbonyl (C=O) groups excluding carboxylic acids is 1. The number of benzene rings is 1. The molecular weight excluding hydrogens is 222 g/mol. The molecule has 0 aliphatic carbocycles. The van der Waals surface area contributed by atoms with Gasteiger partial charge in [-0.25, -0.2) is 0 Å². The van der Waals surface area contributed by atoms with Gasteiger partial charge >= 0.3 is 0 Å². The van der Waals surface area contributed by atoms with Crippen LogP contribution in [0.3, 0.4) is 0 Å². The summed E-state index contributed by atoms with van der Waals surface area (Å²) in [5.41, 5.74) is 5.78. The molecule has 0 aliphatic heterocycles. The minimum atomic E-state index is -0.622. The summed E-state index contributed by atoms with van der Waals surface area (Å²) in [5, 5.41) is 10.7. The lowest BCUT2D eigenvalue weighted by molar-refractivity contribution is -0.384. The number of aromatic nitrogens is 1. The summed E-state index contributed by atoms with van der Waals surface area (Å²) in [5.74, 6) is -0.622. The smallest absolute Gasteiger partial charge is 0.271 e. The number of nitrogens with two attached hydrogens (primary N) is 1. The van der Waals surface area contributed by atoms with Crippen molar-refractivity contribution in [2.75, 3.05) is 0 Å². The Hall–Kier alpha value is -2.63. The van der Waals surface area contributed by atoms with Gasteiger partial charge in [0.1, 0.15) is 0 Å². The Morgan fingerprint density at radius 1 is 1.29 bits per heavy atom. The third kappa shape index (κ3) is 2.00. The number of non-ortho nitro benzene ring substituents is 1. The Balaban J connectivity index is 2.64. The van der Waals surface area contributed by atoms with Crippen molar-refractivity contribution < 1.29 is 9.72 Å². The predicted molar refractivity (Wildman–Crippen MR) is 60.9 cm³/mol. The molecule has 86 valence electrons. The third-order valence-electron chi connectivity index (χ3n) is 2.34. The van der Waals surface area contributed by atoms with E-state index in [1.54, 1.807) is 29.1 Å². The van der Waals surface area contributed by atoms with Gasteiger partial charge < -0.3 is 10.3 Å². The van der Waals surface area contributed by atoms with Crippen molar-refractivity contribution in [2.24, 2.45) is 5.73 Å². The van der Waals surface area contributed by atoms with E-state index in [0.717, 1.165) is 0 Å². The van der Waals surface area contributed by atoms with Crippen molar-refractivity contribution in [3.8, 4) is 5.69 Å². The van der Waals surface area contributed by atoms with Gasteiger partial charge in [0.25, 0.3) is 11.6 Å². The van der Waals surface area contributed by atoms with E-state index in [4.69, 9.17) is 5.73 Å². The molecule has 0 unspecified atom stereocenters. The topological polar surface area (TPSA) is 91.2 Å². The van der Waals surface area contributed by atoms with E-state index in [1.807, 2.05) is 0 Å². The first kappa shape index (κ1) is 10.9. The van der Waals surface area contributed by atoms with E-state index in [0.29, 0.717) is 5.69 Å². The predicted octanol–water partition coefficient (Wildman–Crippen LogP) is 1.48. The summed E-state index contributed by atoms with van der Waals surface area (Å²) in [6.45, 7) is 0. The molecule has 0 saturated carbocycles. The van der Waals surface area contributed by atoms with Crippen LogP contribution in [0, 0.1) is 10.1 Å². The molecule has 1 amide bonds. The molecule has 17 heavy (non-hydrogen) atoms. The van der Waals surface area contributed by atoms with Crippen LogP contribution in [-0.2, 0) is 0 Å². The van der Waals surface area contributed by atoms with Crippen molar-refractivity contribution in [1.29, 1.82) is 0 Å². The second-order valence-electron chi connectivity index (χ2n) is 3.41. The van der Waals surface area contributed by atoms with Crippen LogP contribution in [0.15, 0.2) is 42.7 Å². The van der Waals surface area contributed by atoms with Gasteiger partial charge in [-0.15, -0.1) is 0 Å². The Bertz CT molecular complexity index is 576. The van der Waals surface area contributed by atoms with Crippen LogP contribution in [0.4, 0.5) is 5.69 Å². The van der Waals surface area contributed by atoms with Gasteiger partial charge in [-0.1, -0.05) is 0 Å². The molecule has 0 spiro atoms.